The first-order valence-corrected chi connectivity index (χ1v) is 6.52. The molecular formula is C12H14N2O2S. The lowest BCUT2D eigenvalue weighted by Gasteiger charge is -2.21. The largest absolute Gasteiger partial charge is 0.369 e. The number of hydrogen-bond acceptors (Lipinski definition) is 5. The predicted octanol–water partition coefficient (Wildman–Crippen LogP) is 3.01. The fraction of sp³-hybridized carbons (Fsp3) is 0.417. The molecule has 2 aromatic heterocycles. The highest BCUT2D eigenvalue weighted by Crippen LogP contribution is 2.43. The summed E-state index contributed by atoms with van der Waals surface area (Å²) in [6, 6.07) is 4.02. The molecule has 0 aromatic carbocycles. The van der Waals surface area contributed by atoms with Gasteiger partial charge in [-0.2, -0.15) is 0 Å². The number of hydrogen-bond donors (Lipinski definition) is 1. The number of nitrogens with zero attached hydrogens (tertiary/aromatic N) is 1. The zero-order valence-electron chi connectivity index (χ0n) is 9.60. The van der Waals surface area contributed by atoms with Crippen LogP contribution in [0.5, 0.6) is 0 Å². The molecule has 3 rings (SSSR count). The second-order valence-electron chi connectivity index (χ2n) is 4.43. The van der Waals surface area contributed by atoms with E-state index in [0.717, 1.165) is 35.6 Å². The first-order chi connectivity index (χ1) is 8.21. The lowest BCUT2D eigenvalue weighted by atomic mass is 9.94. The van der Waals surface area contributed by atoms with Gasteiger partial charge in [-0.15, -0.1) is 11.3 Å². The molecule has 0 aliphatic carbocycles. The summed E-state index contributed by atoms with van der Waals surface area (Å²) in [5, 5.41) is 6.12. The van der Waals surface area contributed by atoms with Gasteiger partial charge in [-0.1, -0.05) is 11.2 Å². The summed E-state index contributed by atoms with van der Waals surface area (Å²) in [6.45, 7) is 2.82. The average Bonchev–Trinajstić information content (AvgIpc) is 2.97. The summed E-state index contributed by atoms with van der Waals surface area (Å²) in [5.74, 6) is 0.374. The fourth-order valence-electron chi connectivity index (χ4n) is 2.29. The number of ether oxygens (including phenoxy) is 1. The van der Waals surface area contributed by atoms with Crippen molar-refractivity contribution in [3.05, 3.63) is 23.2 Å². The van der Waals surface area contributed by atoms with E-state index in [0.29, 0.717) is 5.88 Å². The van der Waals surface area contributed by atoms with Crippen LogP contribution in [0.15, 0.2) is 22.0 Å². The Morgan fingerprint density at radius 3 is 3.06 bits per heavy atom. The zero-order valence-corrected chi connectivity index (χ0v) is 10.4. The van der Waals surface area contributed by atoms with Crippen LogP contribution in [0, 0.1) is 0 Å². The van der Waals surface area contributed by atoms with E-state index in [1.54, 1.807) is 11.3 Å². The first-order valence-electron chi connectivity index (χ1n) is 5.64. The minimum Gasteiger partial charge on any atom is -0.369 e. The topological polar surface area (TPSA) is 61.3 Å². The summed E-state index contributed by atoms with van der Waals surface area (Å²) in [7, 11) is 0. The molecule has 0 amide bonds. The molecular weight excluding hydrogens is 236 g/mol. The standard InChI is InChI=1S/C12H14N2O2S/c1-12(5-3-6-15-12)10-9(11(13)16-14-10)8-4-2-7-17-8/h2,4,7H,3,5-6,13H2,1H3. The molecule has 1 atom stereocenters. The van der Waals surface area contributed by atoms with Crippen LogP contribution >= 0.6 is 11.3 Å². The Balaban J connectivity index is 2.12. The van der Waals surface area contributed by atoms with Gasteiger partial charge in [0.2, 0.25) is 5.88 Å². The van der Waals surface area contributed by atoms with E-state index >= 15 is 0 Å². The maximum Gasteiger partial charge on any atom is 0.231 e. The lowest BCUT2D eigenvalue weighted by molar-refractivity contribution is 0.0113. The van der Waals surface area contributed by atoms with Crippen LogP contribution in [-0.4, -0.2) is 11.8 Å². The average molecular weight is 250 g/mol. The maximum atomic E-state index is 5.88. The van der Waals surface area contributed by atoms with Gasteiger partial charge < -0.3 is 15.0 Å². The van der Waals surface area contributed by atoms with Crippen molar-refractivity contribution in [2.24, 2.45) is 0 Å². The molecule has 90 valence electrons. The Hall–Kier alpha value is -1.33. The molecule has 0 spiro atoms. The van der Waals surface area contributed by atoms with Crippen molar-refractivity contribution >= 4 is 17.2 Å². The van der Waals surface area contributed by atoms with Crippen LogP contribution in [0.25, 0.3) is 10.4 Å². The van der Waals surface area contributed by atoms with Gasteiger partial charge >= 0.3 is 0 Å². The molecule has 17 heavy (non-hydrogen) atoms. The molecule has 0 saturated carbocycles. The molecule has 0 radical (unpaired) electrons. The minimum atomic E-state index is -0.361. The number of rotatable bonds is 2. The Morgan fingerprint density at radius 1 is 1.53 bits per heavy atom. The number of thiophene rings is 1. The number of aromatic nitrogens is 1. The Labute approximate surface area is 103 Å². The van der Waals surface area contributed by atoms with Gasteiger partial charge in [0.25, 0.3) is 0 Å². The molecule has 1 aliphatic heterocycles. The van der Waals surface area contributed by atoms with Gasteiger partial charge in [-0.05, 0) is 31.2 Å². The van der Waals surface area contributed by atoms with Gasteiger partial charge in [0.05, 0.1) is 5.56 Å². The molecule has 4 nitrogen and oxygen atoms in total. The van der Waals surface area contributed by atoms with E-state index in [9.17, 15) is 0 Å². The van der Waals surface area contributed by atoms with E-state index < -0.39 is 0 Å². The minimum absolute atomic E-state index is 0.361. The third-order valence-corrected chi connectivity index (χ3v) is 4.09. The summed E-state index contributed by atoms with van der Waals surface area (Å²) in [5.41, 5.74) is 7.24. The lowest BCUT2D eigenvalue weighted by Crippen LogP contribution is -2.21. The smallest absolute Gasteiger partial charge is 0.231 e. The van der Waals surface area contributed by atoms with Crippen molar-refractivity contribution in [1.82, 2.24) is 5.16 Å². The Kier molecular flexibility index (Phi) is 2.45. The second-order valence-corrected chi connectivity index (χ2v) is 5.38. The van der Waals surface area contributed by atoms with Gasteiger partial charge in [0.1, 0.15) is 11.3 Å². The SMILES string of the molecule is CC1(c2noc(N)c2-c2cccs2)CCCO1. The van der Waals surface area contributed by atoms with Gasteiger partial charge in [0.15, 0.2) is 0 Å². The zero-order chi connectivity index (χ0) is 11.9. The van der Waals surface area contributed by atoms with Crippen molar-refractivity contribution in [1.29, 1.82) is 0 Å². The summed E-state index contributed by atoms with van der Waals surface area (Å²) < 4.78 is 11.0. The Morgan fingerprint density at radius 2 is 2.41 bits per heavy atom. The molecule has 3 heterocycles. The monoisotopic (exact) mass is 250 g/mol. The molecule has 1 unspecified atom stereocenters. The van der Waals surface area contributed by atoms with E-state index in [-0.39, 0.29) is 5.60 Å². The van der Waals surface area contributed by atoms with E-state index in [4.69, 9.17) is 15.0 Å². The van der Waals surface area contributed by atoms with Crippen molar-refractivity contribution in [3.8, 4) is 10.4 Å². The molecule has 2 N–H and O–H groups in total. The highest BCUT2D eigenvalue weighted by atomic mass is 32.1. The molecule has 5 heteroatoms. The normalized spacial score (nSPS) is 24.3. The van der Waals surface area contributed by atoms with Gasteiger partial charge in [0, 0.05) is 11.5 Å². The molecule has 1 aliphatic rings. The number of nitrogens with two attached hydrogens (primary N) is 1. The van der Waals surface area contributed by atoms with Crippen LogP contribution in [0.2, 0.25) is 0 Å². The third-order valence-electron chi connectivity index (χ3n) is 3.21. The highest BCUT2D eigenvalue weighted by Gasteiger charge is 2.38. The molecule has 1 fully saturated rings. The molecule has 1 saturated heterocycles. The van der Waals surface area contributed by atoms with Crippen LogP contribution in [0.3, 0.4) is 0 Å². The van der Waals surface area contributed by atoms with E-state index in [1.165, 1.54) is 0 Å². The maximum absolute atomic E-state index is 5.88. The highest BCUT2D eigenvalue weighted by molar-refractivity contribution is 7.13. The third kappa shape index (κ3) is 1.66. The van der Waals surface area contributed by atoms with Crippen molar-refractivity contribution < 1.29 is 9.26 Å². The summed E-state index contributed by atoms with van der Waals surface area (Å²) in [4.78, 5) is 1.08. The number of nitrogen functional groups attached to an aromatic ring is 1. The molecule has 0 bridgehead atoms. The van der Waals surface area contributed by atoms with Crippen LogP contribution < -0.4 is 5.73 Å². The van der Waals surface area contributed by atoms with Crippen molar-refractivity contribution in [2.75, 3.05) is 12.3 Å². The van der Waals surface area contributed by atoms with Gasteiger partial charge in [-0.25, -0.2) is 0 Å². The van der Waals surface area contributed by atoms with E-state index in [2.05, 4.69) is 12.1 Å². The summed E-state index contributed by atoms with van der Waals surface area (Å²) in [6.07, 6.45) is 2.00. The van der Waals surface area contributed by atoms with Crippen LogP contribution in [-0.2, 0) is 10.3 Å². The Bertz CT molecular complexity index is 513. The second kappa shape index (κ2) is 3.85. The predicted molar refractivity (Wildman–Crippen MR) is 66.8 cm³/mol. The number of anilines is 1. The van der Waals surface area contributed by atoms with Crippen molar-refractivity contribution in [3.63, 3.8) is 0 Å². The van der Waals surface area contributed by atoms with Crippen LogP contribution in [0.4, 0.5) is 5.88 Å². The summed E-state index contributed by atoms with van der Waals surface area (Å²) >= 11 is 1.63. The van der Waals surface area contributed by atoms with Gasteiger partial charge in [-0.3, -0.25) is 0 Å². The van der Waals surface area contributed by atoms with Crippen molar-refractivity contribution in [2.45, 2.75) is 25.4 Å². The van der Waals surface area contributed by atoms with Crippen LogP contribution in [0.1, 0.15) is 25.5 Å². The fourth-order valence-corrected chi connectivity index (χ4v) is 3.06. The van der Waals surface area contributed by atoms with E-state index in [1.807, 2.05) is 17.5 Å². The first kappa shape index (κ1) is 10.8. The molecule has 2 aromatic rings. The quantitative estimate of drug-likeness (QED) is 0.890.